The smallest absolute Gasteiger partial charge is 0.325 e. The first-order valence-corrected chi connectivity index (χ1v) is 13.2. The van der Waals surface area contributed by atoms with Crippen molar-refractivity contribution in [3.63, 3.8) is 0 Å². The molecule has 3 heterocycles. The Morgan fingerprint density at radius 2 is 1.80 bits per heavy atom. The van der Waals surface area contributed by atoms with Crippen LogP contribution in [0.2, 0.25) is 0 Å². The number of likely N-dealkylation sites (tertiary alicyclic amines) is 1. The minimum atomic E-state index is -1.01. The highest BCUT2D eigenvalue weighted by molar-refractivity contribution is 6.04. The number of nitrogens with zero attached hydrogens (tertiary/aromatic N) is 4. The highest BCUT2D eigenvalue weighted by Crippen LogP contribution is 2.34. The molecule has 0 radical (unpaired) electrons. The predicted octanol–water partition coefficient (Wildman–Crippen LogP) is 5.36. The van der Waals surface area contributed by atoms with Crippen molar-refractivity contribution in [1.29, 1.82) is 0 Å². The molecule has 0 atom stereocenters. The Bertz CT molecular complexity index is 1510. The fourth-order valence-corrected chi connectivity index (χ4v) is 5.14. The SMILES string of the molecule is CNC(=O)n1cc(OCF)c2cc(N(C)c3ccnc(NC(=O)c4ccc(C5CCN(C)CC5)cc4)c3)ccc21. The van der Waals surface area contributed by atoms with E-state index in [1.54, 1.807) is 18.3 Å². The third-order valence-electron chi connectivity index (χ3n) is 7.52. The summed E-state index contributed by atoms with van der Waals surface area (Å²) in [7, 11) is 5.54. The number of aromatic nitrogens is 2. The van der Waals surface area contributed by atoms with Crippen molar-refractivity contribution in [2.75, 3.05) is 51.3 Å². The number of hydrogen-bond donors (Lipinski definition) is 2. The zero-order valence-electron chi connectivity index (χ0n) is 22.9. The molecule has 1 aliphatic heterocycles. The first-order valence-electron chi connectivity index (χ1n) is 13.2. The molecule has 10 heteroatoms. The molecule has 2 N–H and O–H groups in total. The van der Waals surface area contributed by atoms with Crippen LogP contribution in [0.15, 0.2) is 67.0 Å². The summed E-state index contributed by atoms with van der Waals surface area (Å²) in [5.41, 5.74) is 3.99. The monoisotopic (exact) mass is 544 g/mol. The van der Waals surface area contributed by atoms with Crippen LogP contribution in [0.1, 0.15) is 34.7 Å². The van der Waals surface area contributed by atoms with Crippen molar-refractivity contribution in [2.24, 2.45) is 0 Å². The lowest BCUT2D eigenvalue weighted by atomic mass is 9.89. The van der Waals surface area contributed by atoms with Crippen LogP contribution in [0, 0.1) is 0 Å². The van der Waals surface area contributed by atoms with Gasteiger partial charge in [0.15, 0.2) is 0 Å². The lowest BCUT2D eigenvalue weighted by Gasteiger charge is -2.29. The molecule has 1 aliphatic rings. The van der Waals surface area contributed by atoms with Gasteiger partial charge < -0.3 is 25.2 Å². The molecule has 2 amide bonds. The summed E-state index contributed by atoms with van der Waals surface area (Å²) in [6.45, 7) is 1.17. The average Bonchev–Trinajstić information content (AvgIpc) is 3.34. The standard InChI is InChI=1S/C30H33FN6O3/c1-32-30(39)37-18-27(40-19-31)25-16-23(8-9-26(25)37)36(3)24-10-13-33-28(17-24)34-29(38)22-6-4-20(5-7-22)21-11-14-35(2)15-12-21/h4-10,13,16-18,21H,11-12,14-15,19H2,1-3H3,(H,32,39)(H,33,34,38). The first kappa shape index (κ1) is 27.1. The number of pyridine rings is 1. The molecule has 2 aromatic carbocycles. The van der Waals surface area contributed by atoms with Gasteiger partial charge in [-0.05, 0) is 80.9 Å². The van der Waals surface area contributed by atoms with Crippen LogP contribution in [0.25, 0.3) is 10.9 Å². The van der Waals surface area contributed by atoms with Crippen molar-refractivity contribution in [3.05, 3.63) is 78.1 Å². The molecule has 40 heavy (non-hydrogen) atoms. The van der Waals surface area contributed by atoms with Gasteiger partial charge in [-0.25, -0.2) is 14.2 Å². The Hall–Kier alpha value is -4.44. The second kappa shape index (κ2) is 11.7. The minimum absolute atomic E-state index is 0.229. The molecule has 0 saturated carbocycles. The van der Waals surface area contributed by atoms with Gasteiger partial charge in [-0.1, -0.05) is 12.1 Å². The maximum absolute atomic E-state index is 13.0. The van der Waals surface area contributed by atoms with Crippen molar-refractivity contribution < 1.29 is 18.7 Å². The molecule has 0 aliphatic carbocycles. The molecular weight excluding hydrogens is 511 g/mol. The number of alkyl halides is 1. The molecule has 1 fully saturated rings. The summed E-state index contributed by atoms with van der Waals surface area (Å²) in [5, 5.41) is 6.05. The van der Waals surface area contributed by atoms with E-state index >= 15 is 0 Å². The number of piperidine rings is 1. The maximum Gasteiger partial charge on any atom is 0.325 e. The summed E-state index contributed by atoms with van der Waals surface area (Å²) in [6.07, 6.45) is 5.35. The number of amides is 2. The number of halogens is 1. The lowest BCUT2D eigenvalue weighted by Crippen LogP contribution is -2.29. The molecule has 0 spiro atoms. The first-order chi connectivity index (χ1) is 19.4. The van der Waals surface area contributed by atoms with E-state index in [1.807, 2.05) is 42.3 Å². The van der Waals surface area contributed by atoms with Crippen molar-refractivity contribution in [2.45, 2.75) is 18.8 Å². The van der Waals surface area contributed by atoms with Gasteiger partial charge in [0.1, 0.15) is 11.6 Å². The van der Waals surface area contributed by atoms with E-state index in [4.69, 9.17) is 4.74 Å². The number of carbonyl (C=O) groups is 2. The highest BCUT2D eigenvalue weighted by Gasteiger charge is 2.19. The van der Waals surface area contributed by atoms with Gasteiger partial charge in [-0.2, -0.15) is 0 Å². The largest absolute Gasteiger partial charge is 0.461 e. The Balaban J connectivity index is 1.32. The van der Waals surface area contributed by atoms with Gasteiger partial charge in [0, 0.05) is 48.7 Å². The van der Waals surface area contributed by atoms with E-state index < -0.39 is 6.86 Å². The summed E-state index contributed by atoms with van der Waals surface area (Å²) >= 11 is 0. The molecule has 0 bridgehead atoms. The zero-order valence-corrected chi connectivity index (χ0v) is 22.9. The van der Waals surface area contributed by atoms with Crippen LogP contribution < -0.4 is 20.3 Å². The average molecular weight is 545 g/mol. The summed E-state index contributed by atoms with van der Waals surface area (Å²) in [6, 6.07) is 16.6. The van der Waals surface area contributed by atoms with Gasteiger partial charge in [0.05, 0.1) is 11.7 Å². The number of rotatable bonds is 7. The van der Waals surface area contributed by atoms with E-state index in [1.165, 1.54) is 23.4 Å². The summed E-state index contributed by atoms with van der Waals surface area (Å²) in [4.78, 5) is 33.8. The topological polar surface area (TPSA) is 91.7 Å². The summed E-state index contributed by atoms with van der Waals surface area (Å²) < 4.78 is 19.5. The third kappa shape index (κ3) is 5.62. The third-order valence-corrected chi connectivity index (χ3v) is 7.52. The van der Waals surface area contributed by atoms with Crippen molar-refractivity contribution >= 4 is 40.0 Å². The predicted molar refractivity (Wildman–Crippen MR) is 155 cm³/mol. The summed E-state index contributed by atoms with van der Waals surface area (Å²) in [5.74, 6) is 0.985. The van der Waals surface area contributed by atoms with Gasteiger partial charge in [-0.3, -0.25) is 9.36 Å². The molecule has 1 saturated heterocycles. The number of anilines is 3. The number of nitrogens with one attached hydrogen (secondary N) is 2. The van der Waals surface area contributed by atoms with Crippen LogP contribution in [0.4, 0.5) is 26.4 Å². The van der Waals surface area contributed by atoms with Crippen molar-refractivity contribution in [1.82, 2.24) is 19.8 Å². The number of hydrogen-bond acceptors (Lipinski definition) is 6. The molecular formula is C30H33FN6O3. The van der Waals surface area contributed by atoms with E-state index in [2.05, 4.69) is 39.7 Å². The fraction of sp³-hybridized carbons (Fsp3) is 0.300. The van der Waals surface area contributed by atoms with Crippen LogP contribution in [0.5, 0.6) is 5.75 Å². The maximum atomic E-state index is 13.0. The molecule has 2 aromatic heterocycles. The second-order valence-corrected chi connectivity index (χ2v) is 9.99. The Labute approximate surface area is 232 Å². The Morgan fingerprint density at radius 3 is 2.50 bits per heavy atom. The van der Waals surface area contributed by atoms with E-state index in [9.17, 15) is 14.0 Å². The Kier molecular flexibility index (Phi) is 7.97. The highest BCUT2D eigenvalue weighted by atomic mass is 19.1. The Morgan fingerprint density at radius 1 is 1.07 bits per heavy atom. The number of fused-ring (bicyclic) bond motifs is 1. The molecule has 0 unspecified atom stereocenters. The molecule has 4 aromatic rings. The lowest BCUT2D eigenvalue weighted by molar-refractivity contribution is 0.102. The van der Waals surface area contributed by atoms with Gasteiger partial charge >= 0.3 is 6.03 Å². The zero-order chi connectivity index (χ0) is 28.2. The van der Waals surface area contributed by atoms with Gasteiger partial charge in [0.25, 0.3) is 5.91 Å². The number of benzene rings is 2. The van der Waals surface area contributed by atoms with Crippen LogP contribution in [-0.4, -0.2) is 67.5 Å². The van der Waals surface area contributed by atoms with E-state index in [-0.39, 0.29) is 17.7 Å². The molecule has 5 rings (SSSR count). The normalized spacial score (nSPS) is 14.2. The van der Waals surface area contributed by atoms with Crippen LogP contribution in [-0.2, 0) is 0 Å². The van der Waals surface area contributed by atoms with Crippen molar-refractivity contribution in [3.8, 4) is 5.75 Å². The van der Waals surface area contributed by atoms with Crippen LogP contribution >= 0.6 is 0 Å². The molecule has 208 valence electrons. The quantitative estimate of drug-likeness (QED) is 0.326. The fourth-order valence-electron chi connectivity index (χ4n) is 5.14. The van der Waals surface area contributed by atoms with Crippen LogP contribution in [0.3, 0.4) is 0 Å². The van der Waals surface area contributed by atoms with Gasteiger partial charge in [0.2, 0.25) is 6.86 Å². The van der Waals surface area contributed by atoms with Gasteiger partial charge in [-0.15, -0.1) is 0 Å². The van der Waals surface area contributed by atoms with E-state index in [0.29, 0.717) is 28.2 Å². The minimum Gasteiger partial charge on any atom is -0.461 e. The molecule has 9 nitrogen and oxygen atoms in total. The van der Waals surface area contributed by atoms with E-state index in [0.717, 1.165) is 37.3 Å². The number of ether oxygens (including phenoxy) is 1. The second-order valence-electron chi connectivity index (χ2n) is 9.99. The number of carbonyl (C=O) groups excluding carboxylic acids is 2.